The van der Waals surface area contributed by atoms with Gasteiger partial charge in [-0.1, -0.05) is 15.9 Å². The van der Waals surface area contributed by atoms with Crippen molar-refractivity contribution < 1.29 is 22.4 Å². The number of anilines is 1. The highest BCUT2D eigenvalue weighted by molar-refractivity contribution is 9.10. The minimum Gasteiger partial charge on any atom is -0.398 e. The number of halogens is 6. The number of carbonyl (C=O) groups excluding carboxylic acids is 1. The van der Waals surface area contributed by atoms with Gasteiger partial charge in [0, 0.05) is 10.2 Å². The molecule has 0 unspecified atom stereocenters. The smallest absolute Gasteiger partial charge is 0.324 e. The number of benzene rings is 1. The second kappa shape index (κ2) is 6.95. The molecule has 0 aliphatic carbocycles. The van der Waals surface area contributed by atoms with Crippen LogP contribution in [0.1, 0.15) is 10.4 Å². The van der Waals surface area contributed by atoms with Crippen molar-refractivity contribution in [2.24, 2.45) is 0 Å². The van der Waals surface area contributed by atoms with Crippen LogP contribution in [0.5, 0.6) is 0 Å². The number of hydrogen-bond acceptors (Lipinski definition) is 2. The van der Waals surface area contributed by atoms with Crippen LogP contribution in [0.15, 0.2) is 22.7 Å². The SMILES string of the molecule is Cl.Nc1cc(Br)ccc1C(=O)NCC(F)(F)C(F)F. The van der Waals surface area contributed by atoms with Gasteiger partial charge in [0.2, 0.25) is 0 Å². The Morgan fingerprint density at radius 3 is 2.47 bits per heavy atom. The fourth-order valence-corrected chi connectivity index (χ4v) is 1.49. The second-order valence-corrected chi connectivity index (χ2v) is 4.39. The molecule has 19 heavy (non-hydrogen) atoms. The molecule has 0 aliphatic rings. The van der Waals surface area contributed by atoms with Crippen molar-refractivity contribution in [2.45, 2.75) is 12.3 Å². The van der Waals surface area contributed by atoms with E-state index in [2.05, 4.69) is 15.9 Å². The standard InChI is InChI=1S/C10H9BrF4N2O.ClH/c11-5-1-2-6(7(16)3-5)8(18)17-4-10(14,15)9(12)13;/h1-3,9H,4,16H2,(H,17,18);1H. The highest BCUT2D eigenvalue weighted by Crippen LogP contribution is 2.22. The zero-order chi connectivity index (χ0) is 13.9. The molecule has 3 N–H and O–H groups in total. The molecule has 1 amide bonds. The van der Waals surface area contributed by atoms with Crippen LogP contribution in [-0.4, -0.2) is 24.8 Å². The highest BCUT2D eigenvalue weighted by Gasteiger charge is 2.40. The second-order valence-electron chi connectivity index (χ2n) is 3.48. The zero-order valence-corrected chi connectivity index (χ0v) is 11.7. The maximum Gasteiger partial charge on any atom is 0.324 e. The molecule has 1 aromatic carbocycles. The van der Waals surface area contributed by atoms with Crippen LogP contribution in [0, 0.1) is 0 Å². The first-order valence-electron chi connectivity index (χ1n) is 4.73. The van der Waals surface area contributed by atoms with Gasteiger partial charge < -0.3 is 11.1 Å². The molecule has 0 saturated carbocycles. The van der Waals surface area contributed by atoms with Gasteiger partial charge in [0.15, 0.2) is 0 Å². The lowest BCUT2D eigenvalue weighted by molar-refractivity contribution is -0.123. The summed E-state index contributed by atoms with van der Waals surface area (Å²) in [5.41, 5.74) is 5.50. The van der Waals surface area contributed by atoms with Crippen LogP contribution >= 0.6 is 28.3 Å². The molecule has 0 spiro atoms. The van der Waals surface area contributed by atoms with Crippen LogP contribution in [0.25, 0.3) is 0 Å². The van der Waals surface area contributed by atoms with Gasteiger partial charge in [0.1, 0.15) is 0 Å². The summed E-state index contributed by atoms with van der Waals surface area (Å²) in [4.78, 5) is 11.5. The van der Waals surface area contributed by atoms with Crippen molar-refractivity contribution in [2.75, 3.05) is 12.3 Å². The predicted molar refractivity (Wildman–Crippen MR) is 69.1 cm³/mol. The van der Waals surface area contributed by atoms with E-state index in [4.69, 9.17) is 5.73 Å². The first-order chi connectivity index (χ1) is 8.24. The molecule has 0 aliphatic heterocycles. The Hall–Kier alpha value is -1.02. The lowest BCUT2D eigenvalue weighted by atomic mass is 10.1. The average Bonchev–Trinajstić information content (AvgIpc) is 2.25. The van der Waals surface area contributed by atoms with Gasteiger partial charge >= 0.3 is 12.3 Å². The molecular formula is C10H10BrClF4N2O. The van der Waals surface area contributed by atoms with Crippen molar-refractivity contribution >= 4 is 39.9 Å². The van der Waals surface area contributed by atoms with E-state index in [-0.39, 0.29) is 23.7 Å². The van der Waals surface area contributed by atoms with Crippen LogP contribution < -0.4 is 11.1 Å². The summed E-state index contributed by atoms with van der Waals surface area (Å²) in [7, 11) is 0. The fourth-order valence-electron chi connectivity index (χ4n) is 1.11. The number of alkyl halides is 4. The van der Waals surface area contributed by atoms with Crippen LogP contribution in [0.3, 0.4) is 0 Å². The van der Waals surface area contributed by atoms with Gasteiger partial charge in [0.05, 0.1) is 12.1 Å². The normalized spacial score (nSPS) is 11.1. The summed E-state index contributed by atoms with van der Waals surface area (Å²) in [6.07, 6.45) is -3.83. The zero-order valence-electron chi connectivity index (χ0n) is 9.30. The van der Waals surface area contributed by atoms with Gasteiger partial charge in [0.25, 0.3) is 5.91 Å². The molecule has 3 nitrogen and oxygen atoms in total. The molecule has 1 rings (SSSR count). The lowest BCUT2D eigenvalue weighted by Gasteiger charge is -2.16. The van der Waals surface area contributed by atoms with E-state index in [1.165, 1.54) is 18.2 Å². The Balaban J connectivity index is 0.00000324. The first-order valence-corrected chi connectivity index (χ1v) is 5.52. The molecular weight excluding hydrogens is 355 g/mol. The Kier molecular flexibility index (Phi) is 6.58. The highest BCUT2D eigenvalue weighted by atomic mass is 79.9. The summed E-state index contributed by atoms with van der Waals surface area (Å²) in [6, 6.07) is 4.19. The van der Waals surface area contributed by atoms with Crippen LogP contribution in [-0.2, 0) is 0 Å². The molecule has 0 radical (unpaired) electrons. The van der Waals surface area contributed by atoms with Crippen LogP contribution in [0.4, 0.5) is 23.2 Å². The lowest BCUT2D eigenvalue weighted by Crippen LogP contribution is -2.41. The molecule has 108 valence electrons. The summed E-state index contributed by atoms with van der Waals surface area (Å²) in [6.45, 7) is -1.45. The topological polar surface area (TPSA) is 55.1 Å². The molecule has 9 heteroatoms. The fraction of sp³-hybridized carbons (Fsp3) is 0.300. The number of nitrogen functional groups attached to an aromatic ring is 1. The first kappa shape index (κ1) is 18.0. The van der Waals surface area contributed by atoms with Crippen molar-refractivity contribution in [1.29, 1.82) is 0 Å². The van der Waals surface area contributed by atoms with E-state index in [9.17, 15) is 22.4 Å². The molecule has 0 aromatic heterocycles. The molecule has 1 aromatic rings. The summed E-state index contributed by atoms with van der Waals surface area (Å²) in [5.74, 6) is -5.19. The van der Waals surface area contributed by atoms with E-state index >= 15 is 0 Å². The quantitative estimate of drug-likeness (QED) is 0.636. The summed E-state index contributed by atoms with van der Waals surface area (Å²) in [5, 5.41) is 1.72. The molecule has 0 bridgehead atoms. The Bertz CT molecular complexity index is 459. The monoisotopic (exact) mass is 364 g/mol. The van der Waals surface area contributed by atoms with Crippen molar-refractivity contribution in [3.8, 4) is 0 Å². The Morgan fingerprint density at radius 2 is 2.00 bits per heavy atom. The number of carbonyl (C=O) groups is 1. The Morgan fingerprint density at radius 1 is 1.42 bits per heavy atom. The van der Waals surface area contributed by atoms with E-state index in [1.807, 2.05) is 0 Å². The maximum absolute atomic E-state index is 12.6. The third kappa shape index (κ3) is 4.87. The molecule has 0 fully saturated rings. The van der Waals surface area contributed by atoms with Gasteiger partial charge in [-0.3, -0.25) is 4.79 Å². The van der Waals surface area contributed by atoms with E-state index < -0.39 is 24.8 Å². The van der Waals surface area contributed by atoms with E-state index in [1.54, 1.807) is 5.32 Å². The largest absolute Gasteiger partial charge is 0.398 e. The average molecular weight is 366 g/mol. The predicted octanol–water partition coefficient (Wildman–Crippen LogP) is 3.08. The Labute approximate surface area is 121 Å². The minimum absolute atomic E-state index is 0. The number of rotatable bonds is 4. The van der Waals surface area contributed by atoms with Gasteiger partial charge in [-0.05, 0) is 18.2 Å². The van der Waals surface area contributed by atoms with Gasteiger partial charge in [-0.15, -0.1) is 12.4 Å². The van der Waals surface area contributed by atoms with E-state index in [0.29, 0.717) is 4.47 Å². The third-order valence-corrected chi connectivity index (χ3v) is 2.56. The summed E-state index contributed by atoms with van der Waals surface area (Å²) >= 11 is 3.10. The van der Waals surface area contributed by atoms with Gasteiger partial charge in [-0.2, -0.15) is 8.78 Å². The third-order valence-electron chi connectivity index (χ3n) is 2.06. The number of nitrogens with one attached hydrogen (secondary N) is 1. The van der Waals surface area contributed by atoms with Crippen molar-refractivity contribution in [1.82, 2.24) is 5.32 Å². The molecule has 0 saturated heterocycles. The minimum atomic E-state index is -4.26. The number of amides is 1. The van der Waals surface area contributed by atoms with Gasteiger partial charge in [-0.25, -0.2) is 8.78 Å². The van der Waals surface area contributed by atoms with Crippen molar-refractivity contribution in [3.05, 3.63) is 28.2 Å². The van der Waals surface area contributed by atoms with Crippen LogP contribution in [0.2, 0.25) is 0 Å². The van der Waals surface area contributed by atoms with Crippen molar-refractivity contribution in [3.63, 3.8) is 0 Å². The number of hydrogen-bond donors (Lipinski definition) is 2. The number of nitrogens with two attached hydrogens (primary N) is 1. The molecule has 0 heterocycles. The summed E-state index contributed by atoms with van der Waals surface area (Å²) < 4.78 is 49.5. The maximum atomic E-state index is 12.6. The molecule has 0 atom stereocenters. The van der Waals surface area contributed by atoms with E-state index in [0.717, 1.165) is 0 Å².